The number of rotatable bonds is 6. The van der Waals surface area contributed by atoms with Crippen molar-refractivity contribution < 1.29 is 9.90 Å². The first-order valence-electron chi connectivity index (χ1n) is 9.01. The highest BCUT2D eigenvalue weighted by molar-refractivity contribution is 5.77. The molecule has 1 aliphatic rings. The van der Waals surface area contributed by atoms with E-state index in [4.69, 9.17) is 0 Å². The average molecular weight is 350 g/mol. The first-order valence-corrected chi connectivity index (χ1v) is 9.01. The summed E-state index contributed by atoms with van der Waals surface area (Å²) < 4.78 is 0. The molecule has 4 rings (SSSR count). The van der Waals surface area contributed by atoms with Crippen molar-refractivity contribution in [1.29, 1.82) is 0 Å². The van der Waals surface area contributed by atoms with Gasteiger partial charge in [0.05, 0.1) is 28.9 Å². The van der Waals surface area contributed by atoms with E-state index in [2.05, 4.69) is 20.3 Å². The maximum atomic E-state index is 12.5. The molecule has 134 valence electrons. The maximum absolute atomic E-state index is 12.5. The summed E-state index contributed by atoms with van der Waals surface area (Å²) in [6.45, 7) is 0. The minimum absolute atomic E-state index is 0.0255. The van der Waals surface area contributed by atoms with Gasteiger partial charge in [0.1, 0.15) is 5.82 Å². The van der Waals surface area contributed by atoms with E-state index in [0.29, 0.717) is 25.7 Å². The molecule has 0 saturated heterocycles. The molecule has 26 heavy (non-hydrogen) atoms. The molecule has 1 aromatic carbocycles. The SMILES string of the molecule is O=C(CCc1nc2ccccc2[nH]1)NC(c1ccccn1)C1CC(O)C1. The third-order valence-electron chi connectivity index (χ3n) is 4.97. The molecule has 0 aliphatic heterocycles. The summed E-state index contributed by atoms with van der Waals surface area (Å²) in [5, 5.41) is 12.7. The van der Waals surface area contributed by atoms with E-state index in [1.165, 1.54) is 0 Å². The summed E-state index contributed by atoms with van der Waals surface area (Å²) in [5.41, 5.74) is 2.75. The smallest absolute Gasteiger partial charge is 0.220 e. The number of carbonyl (C=O) groups excluding carboxylic acids is 1. The zero-order valence-electron chi connectivity index (χ0n) is 14.4. The van der Waals surface area contributed by atoms with Crippen LogP contribution in [-0.2, 0) is 11.2 Å². The lowest BCUT2D eigenvalue weighted by Crippen LogP contribution is -2.41. The van der Waals surface area contributed by atoms with E-state index in [9.17, 15) is 9.90 Å². The molecule has 1 amide bonds. The third kappa shape index (κ3) is 3.60. The number of amides is 1. The fourth-order valence-corrected chi connectivity index (χ4v) is 3.50. The van der Waals surface area contributed by atoms with Gasteiger partial charge in [-0.3, -0.25) is 9.78 Å². The van der Waals surface area contributed by atoms with Crippen molar-refractivity contribution in [2.75, 3.05) is 0 Å². The standard InChI is InChI=1S/C20H22N4O2/c25-14-11-13(12-14)20(17-7-3-4-10-21-17)24-19(26)9-8-18-22-15-5-1-2-6-16(15)23-18/h1-7,10,13-14,20,25H,8-9,11-12H2,(H,22,23)(H,24,26). The van der Waals surface area contributed by atoms with Crippen molar-refractivity contribution in [3.8, 4) is 0 Å². The second-order valence-corrected chi connectivity index (χ2v) is 6.89. The first-order chi connectivity index (χ1) is 12.7. The summed E-state index contributed by atoms with van der Waals surface area (Å²) in [4.78, 5) is 24.7. The Labute approximate surface area is 151 Å². The molecular formula is C20H22N4O2. The number of hydrogen-bond donors (Lipinski definition) is 3. The van der Waals surface area contributed by atoms with Crippen molar-refractivity contribution >= 4 is 16.9 Å². The topological polar surface area (TPSA) is 90.9 Å². The third-order valence-corrected chi connectivity index (χ3v) is 4.97. The van der Waals surface area contributed by atoms with Crippen LogP contribution in [0.25, 0.3) is 11.0 Å². The van der Waals surface area contributed by atoms with Gasteiger partial charge < -0.3 is 15.4 Å². The van der Waals surface area contributed by atoms with Crippen molar-refractivity contribution in [1.82, 2.24) is 20.3 Å². The number of aliphatic hydroxyl groups excluding tert-OH is 1. The molecule has 3 aromatic rings. The number of aryl methyl sites for hydroxylation is 1. The number of para-hydroxylation sites is 2. The second-order valence-electron chi connectivity index (χ2n) is 6.89. The van der Waals surface area contributed by atoms with Gasteiger partial charge in [0, 0.05) is 19.0 Å². The normalized spacial score (nSPS) is 20.5. The van der Waals surface area contributed by atoms with Crippen LogP contribution in [0.3, 0.4) is 0 Å². The Morgan fingerprint density at radius 3 is 2.77 bits per heavy atom. The number of nitrogens with zero attached hydrogens (tertiary/aromatic N) is 2. The molecule has 0 radical (unpaired) electrons. The number of imidazole rings is 1. The molecule has 1 fully saturated rings. The number of benzene rings is 1. The molecule has 1 aliphatic carbocycles. The molecular weight excluding hydrogens is 328 g/mol. The van der Waals surface area contributed by atoms with Crippen LogP contribution in [0, 0.1) is 5.92 Å². The number of aromatic nitrogens is 3. The van der Waals surface area contributed by atoms with Gasteiger partial charge in [0.2, 0.25) is 5.91 Å². The molecule has 0 bridgehead atoms. The van der Waals surface area contributed by atoms with Crippen molar-refractivity contribution in [2.24, 2.45) is 5.92 Å². The van der Waals surface area contributed by atoms with Crippen LogP contribution in [-0.4, -0.2) is 32.1 Å². The number of aromatic amines is 1. The highest BCUT2D eigenvalue weighted by Gasteiger charge is 2.36. The van der Waals surface area contributed by atoms with E-state index >= 15 is 0 Å². The number of aliphatic hydroxyl groups is 1. The summed E-state index contributed by atoms with van der Waals surface area (Å²) in [7, 11) is 0. The van der Waals surface area contributed by atoms with Crippen molar-refractivity contribution in [3.05, 3.63) is 60.2 Å². The minimum Gasteiger partial charge on any atom is -0.393 e. The average Bonchev–Trinajstić information content (AvgIpc) is 3.06. The van der Waals surface area contributed by atoms with Crippen LogP contribution in [0.1, 0.15) is 36.8 Å². The molecule has 2 aromatic heterocycles. The van der Waals surface area contributed by atoms with E-state index in [-0.39, 0.29) is 24.0 Å². The van der Waals surface area contributed by atoms with Gasteiger partial charge in [-0.05, 0) is 43.0 Å². The minimum atomic E-state index is -0.265. The van der Waals surface area contributed by atoms with Gasteiger partial charge >= 0.3 is 0 Å². The monoisotopic (exact) mass is 350 g/mol. The Morgan fingerprint density at radius 2 is 2.04 bits per heavy atom. The Hall–Kier alpha value is -2.73. The molecule has 6 nitrogen and oxygen atoms in total. The summed E-state index contributed by atoms with van der Waals surface area (Å²) in [5.74, 6) is 1.02. The zero-order chi connectivity index (χ0) is 17.9. The summed E-state index contributed by atoms with van der Waals surface area (Å²) in [6.07, 6.45) is 3.79. The van der Waals surface area contributed by atoms with Gasteiger partial charge in [-0.15, -0.1) is 0 Å². The molecule has 3 N–H and O–H groups in total. The highest BCUT2D eigenvalue weighted by atomic mass is 16.3. The van der Waals surface area contributed by atoms with Gasteiger partial charge in [-0.2, -0.15) is 0 Å². The van der Waals surface area contributed by atoms with E-state index in [0.717, 1.165) is 22.6 Å². The Morgan fingerprint density at radius 1 is 1.23 bits per heavy atom. The molecule has 6 heteroatoms. The number of fused-ring (bicyclic) bond motifs is 1. The van der Waals surface area contributed by atoms with Gasteiger partial charge in [-0.1, -0.05) is 18.2 Å². The predicted molar refractivity (Wildman–Crippen MR) is 98.3 cm³/mol. The largest absolute Gasteiger partial charge is 0.393 e. The number of hydrogen-bond acceptors (Lipinski definition) is 4. The molecule has 1 unspecified atom stereocenters. The summed E-state index contributed by atoms with van der Waals surface area (Å²) in [6, 6.07) is 13.4. The van der Waals surface area contributed by atoms with Gasteiger partial charge in [0.15, 0.2) is 0 Å². The predicted octanol–water partition coefficient (Wildman–Crippen LogP) is 2.52. The number of nitrogens with one attached hydrogen (secondary N) is 2. The van der Waals surface area contributed by atoms with Gasteiger partial charge in [-0.25, -0.2) is 4.98 Å². The lowest BCUT2D eigenvalue weighted by Gasteiger charge is -2.37. The van der Waals surface area contributed by atoms with Crippen LogP contribution in [0.2, 0.25) is 0 Å². The van der Waals surface area contributed by atoms with E-state index < -0.39 is 0 Å². The van der Waals surface area contributed by atoms with Crippen LogP contribution in [0.5, 0.6) is 0 Å². The number of carbonyl (C=O) groups is 1. The van der Waals surface area contributed by atoms with Crippen LogP contribution in [0.15, 0.2) is 48.7 Å². The van der Waals surface area contributed by atoms with Gasteiger partial charge in [0.25, 0.3) is 0 Å². The molecule has 2 heterocycles. The molecule has 0 spiro atoms. The van der Waals surface area contributed by atoms with Crippen LogP contribution >= 0.6 is 0 Å². The van der Waals surface area contributed by atoms with Crippen LogP contribution < -0.4 is 5.32 Å². The Bertz CT molecular complexity index is 854. The fraction of sp³-hybridized carbons (Fsp3) is 0.350. The van der Waals surface area contributed by atoms with Crippen molar-refractivity contribution in [3.63, 3.8) is 0 Å². The quantitative estimate of drug-likeness (QED) is 0.637. The first kappa shape index (κ1) is 16.7. The van der Waals surface area contributed by atoms with E-state index in [1.807, 2.05) is 42.5 Å². The summed E-state index contributed by atoms with van der Waals surface area (Å²) >= 11 is 0. The van der Waals surface area contributed by atoms with E-state index in [1.54, 1.807) is 6.20 Å². The number of pyridine rings is 1. The fourth-order valence-electron chi connectivity index (χ4n) is 3.50. The molecule has 1 atom stereocenters. The number of H-pyrrole nitrogens is 1. The van der Waals surface area contributed by atoms with Crippen LogP contribution in [0.4, 0.5) is 0 Å². The molecule has 1 saturated carbocycles. The Balaban J connectivity index is 1.40. The Kier molecular flexibility index (Phi) is 4.67. The maximum Gasteiger partial charge on any atom is 0.220 e. The second kappa shape index (κ2) is 7.25. The lowest BCUT2D eigenvalue weighted by molar-refractivity contribution is -0.123. The zero-order valence-corrected chi connectivity index (χ0v) is 14.4. The lowest BCUT2D eigenvalue weighted by atomic mass is 9.76. The van der Waals surface area contributed by atoms with Crippen molar-refractivity contribution in [2.45, 2.75) is 37.8 Å². The highest BCUT2D eigenvalue weighted by Crippen LogP contribution is 2.37.